The lowest BCUT2D eigenvalue weighted by Gasteiger charge is -2.14. The lowest BCUT2D eigenvalue weighted by Crippen LogP contribution is -2.05. The minimum Gasteiger partial charge on any atom is -0.507 e. The van der Waals surface area contributed by atoms with Crippen LogP contribution in [0.15, 0.2) is 12.1 Å². The van der Waals surface area contributed by atoms with Crippen molar-refractivity contribution in [3.05, 3.63) is 23.3 Å². The summed E-state index contributed by atoms with van der Waals surface area (Å²) in [6, 6.07) is 3.31. The molecule has 1 aliphatic rings. The van der Waals surface area contributed by atoms with Gasteiger partial charge in [-0.15, -0.1) is 0 Å². The summed E-state index contributed by atoms with van der Waals surface area (Å²) < 4.78 is 5.08. The second kappa shape index (κ2) is 3.26. The zero-order valence-corrected chi connectivity index (χ0v) is 8.91. The third kappa shape index (κ3) is 1.58. The fourth-order valence-electron chi connectivity index (χ4n) is 1.81. The highest BCUT2D eigenvalue weighted by molar-refractivity contribution is 5.83. The molecule has 1 aromatic rings. The summed E-state index contributed by atoms with van der Waals surface area (Å²) in [7, 11) is 1.55. The first-order valence-corrected chi connectivity index (χ1v) is 4.97. The number of hydrogen-bond donors (Lipinski definition) is 1. The van der Waals surface area contributed by atoms with E-state index in [2.05, 4.69) is 6.92 Å². The van der Waals surface area contributed by atoms with Crippen molar-refractivity contribution < 1.29 is 14.6 Å². The van der Waals surface area contributed by atoms with Gasteiger partial charge < -0.3 is 9.84 Å². The Bertz CT molecular complexity index is 406. The Kier molecular flexibility index (Phi) is 2.18. The summed E-state index contributed by atoms with van der Waals surface area (Å²) in [5.74, 6) is 0.605. The third-order valence-electron chi connectivity index (χ3n) is 3.14. The summed E-state index contributed by atoms with van der Waals surface area (Å²) >= 11 is 0. The van der Waals surface area contributed by atoms with Crippen LogP contribution in [0.4, 0.5) is 0 Å². The smallest absolute Gasteiger partial charge is 0.154 e. The number of ether oxygens (including phenoxy) is 1. The highest BCUT2D eigenvalue weighted by atomic mass is 16.5. The average molecular weight is 206 g/mol. The third-order valence-corrected chi connectivity index (χ3v) is 3.14. The average Bonchev–Trinajstić information content (AvgIpc) is 2.96. The maximum absolute atomic E-state index is 10.9. The molecule has 1 fully saturated rings. The van der Waals surface area contributed by atoms with E-state index in [-0.39, 0.29) is 11.2 Å². The molecule has 3 heteroatoms. The molecule has 0 aromatic heterocycles. The molecule has 1 saturated carbocycles. The summed E-state index contributed by atoms with van der Waals surface area (Å²) in [5.41, 5.74) is 1.34. The first-order chi connectivity index (χ1) is 7.10. The standard InChI is InChI=1S/C12H14O3/c1-12(3-4-12)10-5-8(15-2)6-11(14)9(10)7-13/h5-7,14H,3-4H2,1-2H3. The van der Waals surface area contributed by atoms with Crippen LogP contribution in [0.2, 0.25) is 0 Å². The van der Waals surface area contributed by atoms with Gasteiger partial charge in [0.2, 0.25) is 0 Å². The Labute approximate surface area is 88.7 Å². The molecule has 0 atom stereocenters. The molecule has 0 radical (unpaired) electrons. The molecule has 0 bridgehead atoms. The topological polar surface area (TPSA) is 46.5 Å². The second-order valence-electron chi connectivity index (χ2n) is 4.29. The van der Waals surface area contributed by atoms with Gasteiger partial charge >= 0.3 is 0 Å². The van der Waals surface area contributed by atoms with Gasteiger partial charge in [0.1, 0.15) is 11.5 Å². The number of carbonyl (C=O) groups is 1. The van der Waals surface area contributed by atoms with Gasteiger partial charge in [0.05, 0.1) is 12.7 Å². The van der Waals surface area contributed by atoms with Gasteiger partial charge in [-0.05, 0) is 29.9 Å². The van der Waals surface area contributed by atoms with E-state index >= 15 is 0 Å². The summed E-state index contributed by atoms with van der Waals surface area (Å²) in [6.07, 6.45) is 2.83. The van der Waals surface area contributed by atoms with Gasteiger partial charge in [-0.2, -0.15) is 0 Å². The fraction of sp³-hybridized carbons (Fsp3) is 0.417. The first-order valence-electron chi connectivity index (χ1n) is 4.97. The predicted molar refractivity (Wildman–Crippen MR) is 56.6 cm³/mol. The second-order valence-corrected chi connectivity index (χ2v) is 4.29. The lowest BCUT2D eigenvalue weighted by molar-refractivity contribution is 0.111. The molecular weight excluding hydrogens is 192 g/mol. The molecule has 1 aliphatic carbocycles. The van der Waals surface area contributed by atoms with Crippen LogP contribution >= 0.6 is 0 Å². The van der Waals surface area contributed by atoms with Gasteiger partial charge in [0, 0.05) is 6.07 Å². The zero-order valence-electron chi connectivity index (χ0n) is 8.91. The Morgan fingerprint density at radius 1 is 1.47 bits per heavy atom. The maximum Gasteiger partial charge on any atom is 0.154 e. The van der Waals surface area contributed by atoms with Crippen molar-refractivity contribution in [2.24, 2.45) is 0 Å². The van der Waals surface area contributed by atoms with Crippen molar-refractivity contribution >= 4 is 6.29 Å². The molecule has 3 nitrogen and oxygen atoms in total. The monoisotopic (exact) mass is 206 g/mol. The van der Waals surface area contributed by atoms with Crippen LogP contribution in [0.5, 0.6) is 11.5 Å². The molecule has 80 valence electrons. The van der Waals surface area contributed by atoms with Crippen molar-refractivity contribution in [3.8, 4) is 11.5 Å². The van der Waals surface area contributed by atoms with Crippen LogP contribution in [0, 0.1) is 0 Å². The summed E-state index contributed by atoms with van der Waals surface area (Å²) in [4.78, 5) is 10.9. The van der Waals surface area contributed by atoms with E-state index in [1.807, 2.05) is 6.07 Å². The number of carbonyl (C=O) groups excluding carboxylic acids is 1. The van der Waals surface area contributed by atoms with E-state index < -0.39 is 0 Å². The fourth-order valence-corrected chi connectivity index (χ4v) is 1.81. The molecule has 0 saturated heterocycles. The molecule has 1 aromatic carbocycles. The minimum absolute atomic E-state index is 0.00692. The van der Waals surface area contributed by atoms with Crippen molar-refractivity contribution in [3.63, 3.8) is 0 Å². The maximum atomic E-state index is 10.9. The van der Waals surface area contributed by atoms with E-state index in [0.717, 1.165) is 18.4 Å². The number of benzene rings is 1. The van der Waals surface area contributed by atoms with Gasteiger partial charge in [0.25, 0.3) is 0 Å². The number of aldehydes is 1. The van der Waals surface area contributed by atoms with Crippen LogP contribution < -0.4 is 4.74 Å². The molecule has 1 N–H and O–H groups in total. The Hall–Kier alpha value is -1.51. The van der Waals surface area contributed by atoms with E-state index in [4.69, 9.17) is 4.74 Å². The highest BCUT2D eigenvalue weighted by Gasteiger charge is 2.41. The number of hydrogen-bond acceptors (Lipinski definition) is 3. The summed E-state index contributed by atoms with van der Waals surface area (Å²) in [5, 5.41) is 9.68. The van der Waals surface area contributed by atoms with Crippen molar-refractivity contribution in [1.82, 2.24) is 0 Å². The Morgan fingerprint density at radius 2 is 2.13 bits per heavy atom. The molecule has 15 heavy (non-hydrogen) atoms. The summed E-state index contributed by atoms with van der Waals surface area (Å²) in [6.45, 7) is 2.09. The SMILES string of the molecule is COc1cc(O)c(C=O)c(C2(C)CC2)c1. The number of phenols is 1. The number of phenolic OH excluding ortho intramolecular Hbond substituents is 1. The van der Waals surface area contributed by atoms with Crippen LogP contribution in [0.1, 0.15) is 35.7 Å². The van der Waals surface area contributed by atoms with Crippen LogP contribution in [-0.2, 0) is 5.41 Å². The van der Waals surface area contributed by atoms with Gasteiger partial charge in [0.15, 0.2) is 6.29 Å². The molecule has 2 rings (SSSR count). The molecular formula is C12H14O3. The predicted octanol–water partition coefficient (Wildman–Crippen LogP) is 2.26. The van der Waals surface area contributed by atoms with Crippen molar-refractivity contribution in [2.75, 3.05) is 7.11 Å². The quantitative estimate of drug-likeness (QED) is 0.771. The number of aromatic hydroxyl groups is 1. The normalized spacial score (nSPS) is 17.2. The number of rotatable bonds is 3. The van der Waals surface area contributed by atoms with Crippen molar-refractivity contribution in [2.45, 2.75) is 25.2 Å². The van der Waals surface area contributed by atoms with E-state index in [1.54, 1.807) is 7.11 Å². The molecule has 0 aliphatic heterocycles. The Balaban J connectivity index is 2.58. The Morgan fingerprint density at radius 3 is 2.60 bits per heavy atom. The van der Waals surface area contributed by atoms with Gasteiger partial charge in [-0.3, -0.25) is 4.79 Å². The van der Waals surface area contributed by atoms with Crippen molar-refractivity contribution in [1.29, 1.82) is 0 Å². The van der Waals surface area contributed by atoms with Crippen LogP contribution in [-0.4, -0.2) is 18.5 Å². The zero-order chi connectivity index (χ0) is 11.1. The van der Waals surface area contributed by atoms with E-state index in [1.165, 1.54) is 6.07 Å². The van der Waals surface area contributed by atoms with Gasteiger partial charge in [-0.25, -0.2) is 0 Å². The lowest BCUT2D eigenvalue weighted by atomic mass is 9.93. The number of methoxy groups -OCH3 is 1. The minimum atomic E-state index is 0.00692. The van der Waals surface area contributed by atoms with Crippen LogP contribution in [0.25, 0.3) is 0 Å². The van der Waals surface area contributed by atoms with Crippen LogP contribution in [0.3, 0.4) is 0 Å². The molecule has 0 spiro atoms. The molecule has 0 heterocycles. The van der Waals surface area contributed by atoms with E-state index in [0.29, 0.717) is 17.6 Å². The molecule has 0 unspecified atom stereocenters. The largest absolute Gasteiger partial charge is 0.507 e. The van der Waals surface area contributed by atoms with Gasteiger partial charge in [-0.1, -0.05) is 6.92 Å². The highest BCUT2D eigenvalue weighted by Crippen LogP contribution is 2.50. The molecule has 0 amide bonds. The first kappa shape index (κ1) is 10.0. The van der Waals surface area contributed by atoms with E-state index in [9.17, 15) is 9.90 Å².